The molecule has 0 aromatic heterocycles. The Labute approximate surface area is 178 Å². The van der Waals surface area contributed by atoms with Crippen LogP contribution in [-0.4, -0.2) is 32.8 Å². The van der Waals surface area contributed by atoms with Crippen LogP contribution >= 0.6 is 0 Å². The van der Waals surface area contributed by atoms with Crippen LogP contribution in [0.25, 0.3) is 21.5 Å². The lowest BCUT2D eigenvalue weighted by molar-refractivity contribution is -0.914. The van der Waals surface area contributed by atoms with Crippen LogP contribution in [0.1, 0.15) is 12.5 Å². The fraction of sp³-hybridized carbons (Fsp3) is 0.259. The summed E-state index contributed by atoms with van der Waals surface area (Å²) in [5.74, 6) is 1.00. The fourth-order valence-corrected chi connectivity index (χ4v) is 4.79. The lowest BCUT2D eigenvalue weighted by atomic mass is 9.96. The van der Waals surface area contributed by atoms with Gasteiger partial charge in [-0.15, -0.1) is 0 Å². The lowest BCUT2D eigenvalue weighted by Gasteiger charge is -2.34. The van der Waals surface area contributed by atoms with E-state index in [1.165, 1.54) is 32.8 Å². The summed E-state index contributed by atoms with van der Waals surface area (Å²) in [6.45, 7) is 8.22. The Balaban J connectivity index is 1.39. The predicted molar refractivity (Wildman–Crippen MR) is 126 cm³/mol. The SMILES string of the molecule is CCOc1ccccc1N1CC[NH+](Cc2c3ccccc3cc3ccccc23)CC1. The highest BCUT2D eigenvalue weighted by Gasteiger charge is 2.23. The van der Waals surface area contributed by atoms with E-state index >= 15 is 0 Å². The third-order valence-corrected chi connectivity index (χ3v) is 6.29. The zero-order chi connectivity index (χ0) is 20.3. The van der Waals surface area contributed by atoms with E-state index in [-0.39, 0.29) is 0 Å². The molecule has 0 bridgehead atoms. The number of rotatable bonds is 5. The monoisotopic (exact) mass is 397 g/mol. The first-order valence-electron chi connectivity index (χ1n) is 11.0. The van der Waals surface area contributed by atoms with Gasteiger partial charge in [0.25, 0.3) is 0 Å². The number of nitrogens with zero attached hydrogens (tertiary/aromatic N) is 1. The Bertz CT molecular complexity index is 1110. The van der Waals surface area contributed by atoms with E-state index in [9.17, 15) is 0 Å². The van der Waals surface area contributed by atoms with E-state index in [2.05, 4.69) is 83.8 Å². The Morgan fingerprint density at radius 2 is 1.40 bits per heavy atom. The first-order valence-corrected chi connectivity index (χ1v) is 11.0. The summed E-state index contributed by atoms with van der Waals surface area (Å²) < 4.78 is 5.86. The van der Waals surface area contributed by atoms with Gasteiger partial charge in [-0.2, -0.15) is 0 Å². The van der Waals surface area contributed by atoms with Crippen molar-refractivity contribution < 1.29 is 9.64 Å². The molecule has 3 nitrogen and oxygen atoms in total. The maximum absolute atomic E-state index is 5.86. The minimum absolute atomic E-state index is 0.705. The first kappa shape index (κ1) is 19.0. The third-order valence-electron chi connectivity index (χ3n) is 6.29. The molecule has 0 atom stereocenters. The minimum atomic E-state index is 0.705. The summed E-state index contributed by atoms with van der Waals surface area (Å²) in [7, 11) is 0. The van der Waals surface area contributed by atoms with Crippen molar-refractivity contribution >= 4 is 27.2 Å². The summed E-state index contributed by atoms with van der Waals surface area (Å²) in [6, 6.07) is 28.4. The number of fused-ring (bicyclic) bond motifs is 2. The summed E-state index contributed by atoms with van der Waals surface area (Å²) in [6.07, 6.45) is 0. The molecule has 0 radical (unpaired) electrons. The summed E-state index contributed by atoms with van der Waals surface area (Å²) in [5, 5.41) is 5.48. The van der Waals surface area contributed by atoms with Crippen LogP contribution in [0.3, 0.4) is 0 Å². The standard InChI is InChI=1S/C27H28N2O/c1-2-30-27-14-8-7-13-26(27)29-17-15-28(16-18-29)20-25-23-11-5-3-9-21(23)19-22-10-4-6-12-24(22)25/h3-14,19H,2,15-18,20H2,1H3/p+1. The van der Waals surface area contributed by atoms with E-state index in [1.54, 1.807) is 4.90 Å². The van der Waals surface area contributed by atoms with Crippen LogP contribution < -0.4 is 14.5 Å². The molecule has 0 spiro atoms. The van der Waals surface area contributed by atoms with Gasteiger partial charge in [-0.25, -0.2) is 0 Å². The second-order valence-electron chi connectivity index (χ2n) is 8.11. The predicted octanol–water partition coefficient (Wildman–Crippen LogP) is 4.30. The number of anilines is 1. The molecule has 1 heterocycles. The highest BCUT2D eigenvalue weighted by atomic mass is 16.5. The van der Waals surface area contributed by atoms with Crippen molar-refractivity contribution in [3.63, 3.8) is 0 Å². The van der Waals surface area contributed by atoms with Crippen molar-refractivity contribution in [3.05, 3.63) is 84.4 Å². The van der Waals surface area contributed by atoms with Crippen LogP contribution in [0, 0.1) is 0 Å². The van der Waals surface area contributed by atoms with E-state index in [1.807, 2.05) is 6.92 Å². The van der Waals surface area contributed by atoms with Gasteiger partial charge >= 0.3 is 0 Å². The number of benzene rings is 4. The van der Waals surface area contributed by atoms with Crippen molar-refractivity contribution in [2.45, 2.75) is 13.5 Å². The number of hydrogen-bond donors (Lipinski definition) is 1. The zero-order valence-electron chi connectivity index (χ0n) is 17.6. The lowest BCUT2D eigenvalue weighted by Crippen LogP contribution is -3.13. The van der Waals surface area contributed by atoms with Crippen LogP contribution in [0.4, 0.5) is 5.69 Å². The fourth-order valence-electron chi connectivity index (χ4n) is 4.79. The molecule has 1 saturated heterocycles. The van der Waals surface area contributed by atoms with Crippen LogP contribution in [0.5, 0.6) is 5.75 Å². The number of hydrogen-bond acceptors (Lipinski definition) is 2. The Morgan fingerprint density at radius 3 is 2.07 bits per heavy atom. The van der Waals surface area contributed by atoms with Crippen molar-refractivity contribution in [3.8, 4) is 5.75 Å². The molecule has 4 aromatic carbocycles. The molecule has 1 N–H and O–H groups in total. The first-order chi connectivity index (χ1) is 14.8. The van der Waals surface area contributed by atoms with Crippen LogP contribution in [-0.2, 0) is 6.54 Å². The summed E-state index contributed by atoms with van der Waals surface area (Å²) in [4.78, 5) is 4.14. The normalized spacial score (nSPS) is 15.0. The van der Waals surface area contributed by atoms with Gasteiger partial charge in [0.2, 0.25) is 0 Å². The highest BCUT2D eigenvalue weighted by molar-refractivity contribution is 6.02. The van der Waals surface area contributed by atoms with Crippen molar-refractivity contribution in [2.24, 2.45) is 0 Å². The number of quaternary nitrogens is 1. The molecule has 5 rings (SSSR count). The van der Waals surface area contributed by atoms with Gasteiger partial charge in [-0.1, -0.05) is 60.7 Å². The Hall–Kier alpha value is -3.04. The number of nitrogens with one attached hydrogen (secondary N) is 1. The molecule has 0 amide bonds. The van der Waals surface area contributed by atoms with Gasteiger partial charge < -0.3 is 14.5 Å². The molecule has 30 heavy (non-hydrogen) atoms. The molecule has 4 aromatic rings. The second-order valence-corrected chi connectivity index (χ2v) is 8.11. The zero-order valence-corrected chi connectivity index (χ0v) is 17.6. The van der Waals surface area contributed by atoms with Gasteiger partial charge in [0.05, 0.1) is 38.5 Å². The molecule has 1 aliphatic rings. The van der Waals surface area contributed by atoms with Gasteiger partial charge in [-0.3, -0.25) is 0 Å². The molecule has 0 aliphatic carbocycles. The Morgan fingerprint density at radius 1 is 0.800 bits per heavy atom. The molecule has 0 saturated carbocycles. The smallest absolute Gasteiger partial charge is 0.142 e. The molecule has 1 aliphatic heterocycles. The molecular formula is C27H29N2O+. The van der Waals surface area contributed by atoms with Crippen molar-refractivity contribution in [1.29, 1.82) is 0 Å². The van der Waals surface area contributed by atoms with Gasteiger partial charge in [0.1, 0.15) is 12.3 Å². The average molecular weight is 398 g/mol. The molecule has 1 fully saturated rings. The van der Waals surface area contributed by atoms with Gasteiger partial charge in [-0.05, 0) is 46.7 Å². The number of piperazine rings is 1. The summed E-state index contributed by atoms with van der Waals surface area (Å²) in [5.41, 5.74) is 2.72. The molecule has 152 valence electrons. The van der Waals surface area contributed by atoms with Crippen LogP contribution in [0.15, 0.2) is 78.9 Å². The molecule has 0 unspecified atom stereocenters. The quantitative estimate of drug-likeness (QED) is 0.506. The largest absolute Gasteiger partial charge is 0.492 e. The average Bonchev–Trinajstić information content (AvgIpc) is 2.80. The molecular weight excluding hydrogens is 368 g/mol. The van der Waals surface area contributed by atoms with Crippen LogP contribution in [0.2, 0.25) is 0 Å². The third kappa shape index (κ3) is 3.61. The van der Waals surface area contributed by atoms with E-state index in [0.717, 1.165) is 38.5 Å². The number of ether oxygens (including phenoxy) is 1. The van der Waals surface area contributed by atoms with E-state index in [4.69, 9.17) is 4.74 Å². The second kappa shape index (κ2) is 8.37. The van der Waals surface area contributed by atoms with E-state index in [0.29, 0.717) is 6.61 Å². The van der Waals surface area contributed by atoms with Crippen molar-refractivity contribution in [2.75, 3.05) is 37.7 Å². The minimum Gasteiger partial charge on any atom is -0.492 e. The maximum atomic E-state index is 5.86. The maximum Gasteiger partial charge on any atom is 0.142 e. The highest BCUT2D eigenvalue weighted by Crippen LogP contribution is 2.29. The summed E-state index contributed by atoms with van der Waals surface area (Å²) >= 11 is 0. The van der Waals surface area contributed by atoms with Gasteiger partial charge in [0.15, 0.2) is 0 Å². The number of para-hydroxylation sites is 2. The van der Waals surface area contributed by atoms with Crippen molar-refractivity contribution in [1.82, 2.24) is 0 Å². The van der Waals surface area contributed by atoms with Gasteiger partial charge in [0, 0.05) is 5.56 Å². The topological polar surface area (TPSA) is 16.9 Å². The Kier molecular flexibility index (Phi) is 5.29. The van der Waals surface area contributed by atoms with E-state index < -0.39 is 0 Å². The molecule has 3 heteroatoms.